The second-order valence-corrected chi connectivity index (χ2v) is 7.78. The number of nitrogens with one attached hydrogen (secondary N) is 1. The second kappa shape index (κ2) is 9.05. The Morgan fingerprint density at radius 3 is 2.37 bits per heavy atom. The fourth-order valence-corrected chi connectivity index (χ4v) is 3.92. The zero-order chi connectivity index (χ0) is 20.0. The lowest BCUT2D eigenvalue weighted by Gasteiger charge is -2.34. The third kappa shape index (κ3) is 5.33. The molecule has 1 heterocycles. The summed E-state index contributed by atoms with van der Waals surface area (Å²) in [5.41, 5.74) is 0.762. The number of carbonyl (C=O) groups excluding carboxylic acids is 2. The highest BCUT2D eigenvalue weighted by Gasteiger charge is 2.26. The standard InChI is InChI=1S/C17H25N3O6S/c1-4-26-17(22)20-9-7-19(8-10-20)16(21)12-18-27(23,24)15-11-13(2)5-6-14(15)25-3/h5-6,11,18H,4,7-10,12H2,1-3H3. The van der Waals surface area contributed by atoms with E-state index in [9.17, 15) is 18.0 Å². The summed E-state index contributed by atoms with van der Waals surface area (Å²) in [4.78, 5) is 27.0. The molecule has 9 nitrogen and oxygen atoms in total. The van der Waals surface area contributed by atoms with Gasteiger partial charge >= 0.3 is 6.09 Å². The van der Waals surface area contributed by atoms with E-state index in [1.165, 1.54) is 23.0 Å². The zero-order valence-corrected chi connectivity index (χ0v) is 16.5. The molecule has 10 heteroatoms. The summed E-state index contributed by atoms with van der Waals surface area (Å²) in [7, 11) is -2.51. The van der Waals surface area contributed by atoms with Gasteiger partial charge in [0.25, 0.3) is 0 Å². The number of ether oxygens (including phenoxy) is 2. The number of sulfonamides is 1. The van der Waals surface area contributed by atoms with Crippen LogP contribution >= 0.6 is 0 Å². The number of nitrogens with zero attached hydrogens (tertiary/aromatic N) is 2. The topological polar surface area (TPSA) is 105 Å². The maximum absolute atomic E-state index is 12.5. The van der Waals surface area contributed by atoms with Gasteiger partial charge in [-0.2, -0.15) is 0 Å². The van der Waals surface area contributed by atoms with Crippen LogP contribution in [0.3, 0.4) is 0 Å². The van der Waals surface area contributed by atoms with Crippen LogP contribution in [0.25, 0.3) is 0 Å². The summed E-state index contributed by atoms with van der Waals surface area (Å²) >= 11 is 0. The van der Waals surface area contributed by atoms with E-state index in [4.69, 9.17) is 9.47 Å². The van der Waals surface area contributed by atoms with Crippen molar-refractivity contribution in [1.29, 1.82) is 0 Å². The van der Waals surface area contributed by atoms with E-state index < -0.39 is 16.1 Å². The van der Waals surface area contributed by atoms with Crippen LogP contribution in [0.1, 0.15) is 12.5 Å². The molecule has 0 spiro atoms. The molecule has 0 aliphatic carbocycles. The number of amides is 2. The molecule has 1 N–H and O–H groups in total. The lowest BCUT2D eigenvalue weighted by atomic mass is 10.2. The van der Waals surface area contributed by atoms with E-state index in [0.717, 1.165) is 5.56 Å². The average Bonchev–Trinajstić information content (AvgIpc) is 2.66. The molecule has 1 fully saturated rings. The van der Waals surface area contributed by atoms with Crippen molar-refractivity contribution in [1.82, 2.24) is 14.5 Å². The van der Waals surface area contributed by atoms with Crippen LogP contribution in [-0.2, 0) is 19.6 Å². The van der Waals surface area contributed by atoms with Crippen molar-refractivity contribution >= 4 is 22.0 Å². The molecule has 2 rings (SSSR count). The van der Waals surface area contributed by atoms with Crippen LogP contribution in [-0.4, -0.2) is 76.7 Å². The number of hydrogen-bond acceptors (Lipinski definition) is 6. The van der Waals surface area contributed by atoms with Gasteiger partial charge in [-0.1, -0.05) is 6.07 Å². The molecule has 0 atom stereocenters. The highest BCUT2D eigenvalue weighted by molar-refractivity contribution is 7.89. The number of aryl methyl sites for hydroxylation is 1. The third-order valence-electron chi connectivity index (χ3n) is 4.18. The summed E-state index contributed by atoms with van der Waals surface area (Å²) in [6, 6.07) is 4.80. The molecule has 0 unspecified atom stereocenters. The van der Waals surface area contributed by atoms with E-state index in [2.05, 4.69) is 4.72 Å². The van der Waals surface area contributed by atoms with Crippen LogP contribution in [0.2, 0.25) is 0 Å². The van der Waals surface area contributed by atoms with Crippen LogP contribution in [0.15, 0.2) is 23.1 Å². The van der Waals surface area contributed by atoms with E-state index in [1.807, 2.05) is 0 Å². The van der Waals surface area contributed by atoms with Gasteiger partial charge in [0, 0.05) is 26.2 Å². The van der Waals surface area contributed by atoms with E-state index >= 15 is 0 Å². The molecular weight excluding hydrogens is 374 g/mol. The zero-order valence-electron chi connectivity index (χ0n) is 15.7. The number of rotatable bonds is 6. The first-order chi connectivity index (χ1) is 12.8. The molecule has 0 bridgehead atoms. The van der Waals surface area contributed by atoms with Gasteiger partial charge in [0.1, 0.15) is 10.6 Å². The number of methoxy groups -OCH3 is 1. The summed E-state index contributed by atoms with van der Waals surface area (Å²) in [6.45, 7) is 4.78. The van der Waals surface area contributed by atoms with Gasteiger partial charge in [-0.3, -0.25) is 4.79 Å². The minimum atomic E-state index is -3.90. The highest BCUT2D eigenvalue weighted by atomic mass is 32.2. The van der Waals surface area contributed by atoms with Crippen molar-refractivity contribution in [3.05, 3.63) is 23.8 Å². The Morgan fingerprint density at radius 2 is 1.78 bits per heavy atom. The molecule has 0 aromatic heterocycles. The van der Waals surface area contributed by atoms with Gasteiger partial charge in [0.2, 0.25) is 15.9 Å². The highest BCUT2D eigenvalue weighted by Crippen LogP contribution is 2.24. The molecule has 1 aromatic rings. The molecule has 1 aliphatic rings. The van der Waals surface area contributed by atoms with Gasteiger partial charge in [-0.05, 0) is 31.5 Å². The number of benzene rings is 1. The first-order valence-electron chi connectivity index (χ1n) is 8.62. The van der Waals surface area contributed by atoms with Gasteiger partial charge in [0.05, 0.1) is 20.3 Å². The lowest BCUT2D eigenvalue weighted by molar-refractivity contribution is -0.131. The van der Waals surface area contributed by atoms with Crippen molar-refractivity contribution in [2.45, 2.75) is 18.7 Å². The third-order valence-corrected chi connectivity index (χ3v) is 5.60. The predicted octanol–water partition coefficient (Wildman–Crippen LogP) is 0.583. The molecule has 1 saturated heterocycles. The molecule has 150 valence electrons. The number of piperazine rings is 1. The number of carbonyl (C=O) groups is 2. The molecule has 1 aliphatic heterocycles. The summed E-state index contributed by atoms with van der Waals surface area (Å²) in [5, 5.41) is 0. The Morgan fingerprint density at radius 1 is 1.15 bits per heavy atom. The fourth-order valence-electron chi connectivity index (χ4n) is 2.69. The minimum absolute atomic E-state index is 0.00932. The smallest absolute Gasteiger partial charge is 0.409 e. The quantitative estimate of drug-likeness (QED) is 0.750. The van der Waals surface area contributed by atoms with Crippen LogP contribution in [0.4, 0.5) is 4.79 Å². The largest absolute Gasteiger partial charge is 0.495 e. The van der Waals surface area contributed by atoms with Gasteiger partial charge < -0.3 is 19.3 Å². The summed E-state index contributed by atoms with van der Waals surface area (Å²) in [5.74, 6) is -0.141. The maximum atomic E-state index is 12.5. The molecule has 1 aromatic carbocycles. The Bertz CT molecular complexity index is 788. The van der Waals surface area contributed by atoms with Crippen LogP contribution in [0, 0.1) is 6.92 Å². The van der Waals surface area contributed by atoms with E-state index in [1.54, 1.807) is 26.0 Å². The second-order valence-electron chi connectivity index (χ2n) is 6.05. The molecule has 27 heavy (non-hydrogen) atoms. The fraction of sp³-hybridized carbons (Fsp3) is 0.529. The van der Waals surface area contributed by atoms with Gasteiger partial charge in [-0.25, -0.2) is 17.9 Å². The SMILES string of the molecule is CCOC(=O)N1CCN(C(=O)CNS(=O)(=O)c2cc(C)ccc2OC)CC1. The normalized spacial score (nSPS) is 14.8. The Kier molecular flexibility index (Phi) is 7.03. The minimum Gasteiger partial charge on any atom is -0.495 e. The van der Waals surface area contributed by atoms with Crippen LogP contribution in [0.5, 0.6) is 5.75 Å². The van der Waals surface area contributed by atoms with Gasteiger partial charge in [0.15, 0.2) is 0 Å². The Balaban J connectivity index is 1.94. The first-order valence-corrected chi connectivity index (χ1v) is 10.1. The average molecular weight is 399 g/mol. The van der Waals surface area contributed by atoms with E-state index in [0.29, 0.717) is 32.8 Å². The molecule has 0 saturated carbocycles. The first kappa shape index (κ1) is 21.0. The lowest BCUT2D eigenvalue weighted by Crippen LogP contribution is -2.52. The summed E-state index contributed by atoms with van der Waals surface area (Å²) in [6.07, 6.45) is -0.406. The number of hydrogen-bond donors (Lipinski definition) is 1. The molecular formula is C17H25N3O6S. The van der Waals surface area contributed by atoms with Crippen molar-refractivity contribution in [3.63, 3.8) is 0 Å². The maximum Gasteiger partial charge on any atom is 0.409 e. The van der Waals surface area contributed by atoms with Crippen molar-refractivity contribution in [3.8, 4) is 5.75 Å². The Hall–Kier alpha value is -2.33. The van der Waals surface area contributed by atoms with Gasteiger partial charge in [-0.15, -0.1) is 0 Å². The van der Waals surface area contributed by atoms with Crippen molar-refractivity contribution in [2.24, 2.45) is 0 Å². The van der Waals surface area contributed by atoms with Crippen molar-refractivity contribution < 1.29 is 27.5 Å². The van der Waals surface area contributed by atoms with Crippen molar-refractivity contribution in [2.75, 3.05) is 46.4 Å². The molecule has 0 radical (unpaired) electrons. The summed E-state index contributed by atoms with van der Waals surface area (Å²) < 4.78 is 37.4. The predicted molar refractivity (Wildman–Crippen MR) is 98.1 cm³/mol. The van der Waals surface area contributed by atoms with E-state index in [-0.39, 0.29) is 23.1 Å². The Labute approximate surface area is 159 Å². The monoisotopic (exact) mass is 399 g/mol. The van der Waals surface area contributed by atoms with Crippen LogP contribution < -0.4 is 9.46 Å². The molecule has 2 amide bonds.